The normalized spacial score (nSPS) is 11.8. The summed E-state index contributed by atoms with van der Waals surface area (Å²) in [6.07, 6.45) is -4.96. The summed E-state index contributed by atoms with van der Waals surface area (Å²) in [5.41, 5.74) is 1.87. The lowest BCUT2D eigenvalue weighted by molar-refractivity contribution is -0.137. The van der Waals surface area contributed by atoms with Gasteiger partial charge in [0, 0.05) is 10.7 Å². The van der Waals surface area contributed by atoms with Crippen LogP contribution in [-0.4, -0.2) is 22.6 Å². The number of halogens is 4. The number of aromatic nitrogens is 1. The van der Waals surface area contributed by atoms with Crippen molar-refractivity contribution in [2.45, 2.75) is 32.5 Å². The third-order valence-electron chi connectivity index (χ3n) is 2.06. The van der Waals surface area contributed by atoms with Crippen molar-refractivity contribution in [1.29, 1.82) is 0 Å². The molecule has 0 fully saturated rings. The van der Waals surface area contributed by atoms with Gasteiger partial charge in [-0.05, 0) is 42.8 Å². The lowest BCUT2D eigenvalue weighted by Crippen LogP contribution is -2.44. The van der Waals surface area contributed by atoms with Crippen molar-refractivity contribution in [1.82, 2.24) is 15.8 Å². The molecule has 1 aromatic rings. The molecule has 0 atom stereocenters. The number of hydrogen-bond acceptors (Lipinski definition) is 4. The molecule has 0 saturated heterocycles. The van der Waals surface area contributed by atoms with E-state index in [1.165, 1.54) is 0 Å². The lowest BCUT2D eigenvalue weighted by Gasteiger charge is -2.19. The van der Waals surface area contributed by atoms with Crippen LogP contribution in [0.25, 0.3) is 0 Å². The van der Waals surface area contributed by atoms with Crippen molar-refractivity contribution < 1.29 is 27.5 Å². The molecule has 1 rings (SSSR count). The van der Waals surface area contributed by atoms with E-state index in [0.717, 1.165) is 6.07 Å². The number of hydrazine groups is 1. The van der Waals surface area contributed by atoms with Crippen LogP contribution in [0.15, 0.2) is 16.7 Å². The Labute approximate surface area is 132 Å². The fraction of sp³-hybridized carbons (Fsp3) is 0.417. The smallest absolute Gasteiger partial charge is 0.426 e. The Hall–Kier alpha value is -1.84. The molecule has 0 aliphatic heterocycles. The Kier molecular flexibility index (Phi) is 5.39. The number of alkyl halides is 3. The van der Waals surface area contributed by atoms with Gasteiger partial charge in [-0.3, -0.25) is 10.2 Å². The van der Waals surface area contributed by atoms with Gasteiger partial charge in [0.25, 0.3) is 5.91 Å². The number of ether oxygens (including phenoxy) is 1. The molecule has 0 aliphatic rings. The summed E-state index contributed by atoms with van der Waals surface area (Å²) < 4.78 is 42.1. The predicted molar refractivity (Wildman–Crippen MR) is 73.8 cm³/mol. The molecule has 0 unspecified atom stereocenters. The fourth-order valence-corrected chi connectivity index (χ4v) is 1.76. The van der Waals surface area contributed by atoms with E-state index in [9.17, 15) is 22.8 Å². The van der Waals surface area contributed by atoms with Crippen LogP contribution in [-0.2, 0) is 10.9 Å². The van der Waals surface area contributed by atoms with E-state index in [4.69, 9.17) is 4.74 Å². The molecule has 0 radical (unpaired) electrons. The summed E-state index contributed by atoms with van der Waals surface area (Å²) in [5.74, 6) is -0.897. The highest BCUT2D eigenvalue weighted by Crippen LogP contribution is 2.31. The van der Waals surface area contributed by atoms with Crippen LogP contribution in [0.5, 0.6) is 0 Å². The Morgan fingerprint density at radius 2 is 1.82 bits per heavy atom. The summed E-state index contributed by atoms with van der Waals surface area (Å²) in [5, 5.41) is 0. The lowest BCUT2D eigenvalue weighted by atomic mass is 10.2. The van der Waals surface area contributed by atoms with Gasteiger partial charge in [-0.1, -0.05) is 0 Å². The molecule has 1 heterocycles. The molecule has 0 spiro atoms. The van der Waals surface area contributed by atoms with Gasteiger partial charge >= 0.3 is 12.3 Å². The molecule has 0 aromatic carbocycles. The number of amides is 2. The highest BCUT2D eigenvalue weighted by atomic mass is 79.9. The van der Waals surface area contributed by atoms with E-state index in [1.807, 2.05) is 10.9 Å². The first kappa shape index (κ1) is 18.2. The van der Waals surface area contributed by atoms with Crippen molar-refractivity contribution >= 4 is 27.9 Å². The Bertz CT molecular complexity index is 585. The summed E-state index contributed by atoms with van der Waals surface area (Å²) in [7, 11) is 0. The summed E-state index contributed by atoms with van der Waals surface area (Å²) in [4.78, 5) is 26.5. The number of rotatable bonds is 1. The second-order valence-electron chi connectivity index (χ2n) is 5.13. The maximum absolute atomic E-state index is 12.5. The molecule has 122 valence electrons. The minimum Gasteiger partial charge on any atom is -0.443 e. The average Bonchev–Trinajstić information content (AvgIpc) is 2.32. The largest absolute Gasteiger partial charge is 0.443 e. The topological polar surface area (TPSA) is 80.3 Å². The van der Waals surface area contributed by atoms with Crippen molar-refractivity contribution in [3.63, 3.8) is 0 Å². The molecule has 2 N–H and O–H groups in total. The first-order chi connectivity index (χ1) is 9.90. The standard InChI is InChI=1S/C12H13BrF3N3O3/c1-11(2,3)22-10(21)19-18-9(20)8-7(13)4-6(5-17-8)12(14,15)16/h4-5H,1-3H3,(H,18,20)(H,19,21). The molecule has 0 saturated carbocycles. The highest BCUT2D eigenvalue weighted by molar-refractivity contribution is 9.10. The second-order valence-corrected chi connectivity index (χ2v) is 5.99. The number of nitrogens with one attached hydrogen (secondary N) is 2. The van der Waals surface area contributed by atoms with Crippen molar-refractivity contribution in [3.05, 3.63) is 28.0 Å². The molecule has 2 amide bonds. The Morgan fingerprint density at radius 3 is 2.27 bits per heavy atom. The molecular weight excluding hydrogens is 371 g/mol. The number of carbonyl (C=O) groups is 2. The third kappa shape index (κ3) is 5.51. The van der Waals surface area contributed by atoms with Crippen LogP contribution < -0.4 is 10.9 Å². The molecular formula is C12H13BrF3N3O3. The van der Waals surface area contributed by atoms with Gasteiger partial charge in [0.1, 0.15) is 11.3 Å². The minimum atomic E-state index is -4.57. The fourth-order valence-electron chi connectivity index (χ4n) is 1.23. The molecule has 10 heteroatoms. The van der Waals surface area contributed by atoms with Crippen molar-refractivity contribution in [2.75, 3.05) is 0 Å². The summed E-state index contributed by atoms with van der Waals surface area (Å²) in [6, 6.07) is 0.718. The summed E-state index contributed by atoms with van der Waals surface area (Å²) >= 11 is 2.83. The number of carbonyl (C=O) groups excluding carboxylic acids is 2. The number of hydrogen-bond donors (Lipinski definition) is 2. The van der Waals surface area contributed by atoms with Crippen molar-refractivity contribution in [3.8, 4) is 0 Å². The zero-order chi connectivity index (χ0) is 17.1. The Morgan fingerprint density at radius 1 is 1.23 bits per heavy atom. The van der Waals surface area contributed by atoms with Gasteiger partial charge in [-0.15, -0.1) is 0 Å². The van der Waals surface area contributed by atoms with Crippen LogP contribution in [0.3, 0.4) is 0 Å². The van der Waals surface area contributed by atoms with Gasteiger partial charge in [0.15, 0.2) is 0 Å². The molecule has 0 bridgehead atoms. The van der Waals surface area contributed by atoms with Gasteiger partial charge in [-0.25, -0.2) is 15.2 Å². The third-order valence-corrected chi connectivity index (χ3v) is 2.67. The van der Waals surface area contributed by atoms with Gasteiger partial charge in [0.05, 0.1) is 5.56 Å². The quantitative estimate of drug-likeness (QED) is 0.730. The van der Waals surface area contributed by atoms with Gasteiger partial charge < -0.3 is 4.74 Å². The molecule has 0 aliphatic carbocycles. The predicted octanol–water partition coefficient (Wildman–Crippen LogP) is 3.03. The summed E-state index contributed by atoms with van der Waals surface area (Å²) in [6.45, 7) is 4.88. The number of pyridine rings is 1. The highest BCUT2D eigenvalue weighted by Gasteiger charge is 2.32. The van der Waals surface area contributed by atoms with E-state index in [0.29, 0.717) is 6.20 Å². The van der Waals surface area contributed by atoms with Crippen LogP contribution >= 0.6 is 15.9 Å². The Balaban J connectivity index is 2.73. The average molecular weight is 384 g/mol. The molecule has 22 heavy (non-hydrogen) atoms. The van der Waals surface area contributed by atoms with Gasteiger partial charge in [0.2, 0.25) is 0 Å². The maximum atomic E-state index is 12.5. The van der Waals surface area contributed by atoms with E-state index in [-0.39, 0.29) is 10.2 Å². The van der Waals surface area contributed by atoms with Crippen LogP contribution in [0.2, 0.25) is 0 Å². The monoisotopic (exact) mass is 383 g/mol. The van der Waals surface area contributed by atoms with E-state index in [2.05, 4.69) is 20.9 Å². The van der Waals surface area contributed by atoms with E-state index in [1.54, 1.807) is 20.8 Å². The van der Waals surface area contributed by atoms with Gasteiger partial charge in [-0.2, -0.15) is 13.2 Å². The van der Waals surface area contributed by atoms with Crippen molar-refractivity contribution in [2.24, 2.45) is 0 Å². The molecule has 6 nitrogen and oxygen atoms in total. The maximum Gasteiger partial charge on any atom is 0.426 e. The zero-order valence-corrected chi connectivity index (χ0v) is 13.4. The number of nitrogens with zero attached hydrogens (tertiary/aromatic N) is 1. The first-order valence-electron chi connectivity index (χ1n) is 5.92. The van der Waals surface area contributed by atoms with E-state index >= 15 is 0 Å². The van der Waals surface area contributed by atoms with Crippen LogP contribution in [0, 0.1) is 0 Å². The van der Waals surface area contributed by atoms with Crippen LogP contribution in [0.4, 0.5) is 18.0 Å². The zero-order valence-electron chi connectivity index (χ0n) is 11.8. The first-order valence-corrected chi connectivity index (χ1v) is 6.71. The minimum absolute atomic E-state index is 0.161. The van der Waals surface area contributed by atoms with Crippen LogP contribution in [0.1, 0.15) is 36.8 Å². The van der Waals surface area contributed by atoms with E-state index < -0.39 is 29.3 Å². The SMILES string of the molecule is CC(C)(C)OC(=O)NNC(=O)c1ncc(C(F)(F)F)cc1Br. The second kappa shape index (κ2) is 6.51. The molecule has 1 aromatic heterocycles.